The highest BCUT2D eigenvalue weighted by molar-refractivity contribution is 5.94. The molecule has 0 unspecified atom stereocenters. The Morgan fingerprint density at radius 2 is 1.93 bits per heavy atom. The number of hydrogen-bond donors (Lipinski definition) is 0. The highest BCUT2D eigenvalue weighted by Gasteiger charge is 2.42. The molecule has 142 valence electrons. The third kappa shape index (κ3) is 2.82. The molecule has 2 aromatic heterocycles. The van der Waals surface area contributed by atoms with Crippen LogP contribution in [0, 0.1) is 5.95 Å². The molecule has 1 amide bonds. The molecule has 0 N–H and O–H groups in total. The number of nitrogens with zero attached hydrogens (tertiary/aromatic N) is 2. The fourth-order valence-electron chi connectivity index (χ4n) is 4.81. The monoisotopic (exact) mass is 376 g/mol. The first-order valence-electron chi connectivity index (χ1n) is 9.71. The molecule has 1 spiro atoms. The SMILES string of the molecule is O=C(c1ccnc(F)c1)N1CCC2(CCc3cc(-c4ccoc4)ccc32)CC1. The number of benzene rings is 1. The van der Waals surface area contributed by atoms with Gasteiger partial charge in [-0.25, -0.2) is 4.98 Å². The molecule has 5 heteroatoms. The number of halogens is 1. The van der Waals surface area contributed by atoms with Crippen LogP contribution in [0.4, 0.5) is 4.39 Å². The van der Waals surface area contributed by atoms with Crippen molar-refractivity contribution in [2.24, 2.45) is 0 Å². The van der Waals surface area contributed by atoms with Gasteiger partial charge in [-0.05, 0) is 59.9 Å². The van der Waals surface area contributed by atoms with Crippen LogP contribution in [0.25, 0.3) is 11.1 Å². The van der Waals surface area contributed by atoms with Gasteiger partial charge in [0.1, 0.15) is 0 Å². The number of amides is 1. The van der Waals surface area contributed by atoms with Crippen molar-refractivity contribution < 1.29 is 13.6 Å². The molecule has 1 fully saturated rings. The second-order valence-corrected chi connectivity index (χ2v) is 7.82. The van der Waals surface area contributed by atoms with E-state index in [4.69, 9.17) is 4.42 Å². The molecule has 4 nitrogen and oxygen atoms in total. The first kappa shape index (κ1) is 17.2. The van der Waals surface area contributed by atoms with Crippen LogP contribution in [-0.2, 0) is 11.8 Å². The van der Waals surface area contributed by atoms with Gasteiger partial charge in [-0.1, -0.05) is 18.2 Å². The lowest BCUT2D eigenvalue weighted by molar-refractivity contribution is 0.0665. The fraction of sp³-hybridized carbons (Fsp3) is 0.304. The molecule has 0 bridgehead atoms. The lowest BCUT2D eigenvalue weighted by Crippen LogP contribution is -2.44. The third-order valence-electron chi connectivity index (χ3n) is 6.39. The molecule has 1 saturated heterocycles. The van der Waals surface area contributed by atoms with E-state index in [-0.39, 0.29) is 11.3 Å². The van der Waals surface area contributed by atoms with Crippen molar-refractivity contribution >= 4 is 5.91 Å². The zero-order valence-corrected chi connectivity index (χ0v) is 15.5. The van der Waals surface area contributed by atoms with Gasteiger partial charge in [0.25, 0.3) is 5.91 Å². The topological polar surface area (TPSA) is 46.3 Å². The predicted octanol–water partition coefficient (Wildman–Crippen LogP) is 4.60. The molecule has 28 heavy (non-hydrogen) atoms. The van der Waals surface area contributed by atoms with Crippen LogP contribution in [0.2, 0.25) is 0 Å². The second-order valence-electron chi connectivity index (χ2n) is 7.82. The zero-order chi connectivity index (χ0) is 19.1. The maximum absolute atomic E-state index is 13.3. The number of aryl methyl sites for hydroxylation is 1. The van der Waals surface area contributed by atoms with Crippen molar-refractivity contribution in [3.05, 3.63) is 77.8 Å². The van der Waals surface area contributed by atoms with Crippen molar-refractivity contribution in [2.45, 2.75) is 31.1 Å². The Balaban J connectivity index is 1.34. The quantitative estimate of drug-likeness (QED) is 0.614. The number of carbonyl (C=O) groups is 1. The van der Waals surface area contributed by atoms with Gasteiger partial charge in [0, 0.05) is 36.5 Å². The average Bonchev–Trinajstić information content (AvgIpc) is 3.37. The minimum Gasteiger partial charge on any atom is -0.472 e. The summed E-state index contributed by atoms with van der Waals surface area (Å²) in [5.41, 5.74) is 5.67. The Labute approximate surface area is 163 Å². The number of hydrogen-bond acceptors (Lipinski definition) is 3. The van der Waals surface area contributed by atoms with E-state index < -0.39 is 5.95 Å². The summed E-state index contributed by atoms with van der Waals surface area (Å²) in [6, 6.07) is 11.5. The van der Waals surface area contributed by atoms with E-state index in [1.54, 1.807) is 18.6 Å². The van der Waals surface area contributed by atoms with Crippen LogP contribution < -0.4 is 0 Å². The maximum atomic E-state index is 13.3. The van der Waals surface area contributed by atoms with Crippen molar-refractivity contribution in [2.75, 3.05) is 13.1 Å². The molecule has 3 aromatic rings. The molecular formula is C23H21FN2O2. The second kappa shape index (κ2) is 6.59. The Hall–Kier alpha value is -2.95. The van der Waals surface area contributed by atoms with Crippen LogP contribution in [0.15, 0.2) is 59.5 Å². The van der Waals surface area contributed by atoms with Crippen LogP contribution in [0.5, 0.6) is 0 Å². The van der Waals surface area contributed by atoms with E-state index in [0.29, 0.717) is 18.7 Å². The molecule has 0 radical (unpaired) electrons. The van der Waals surface area contributed by atoms with Crippen molar-refractivity contribution in [3.63, 3.8) is 0 Å². The number of fused-ring (bicyclic) bond motifs is 2. The molecular weight excluding hydrogens is 355 g/mol. The number of carbonyl (C=O) groups excluding carboxylic acids is 1. The lowest BCUT2D eigenvalue weighted by atomic mass is 9.73. The normalized spacial score (nSPS) is 17.7. The molecule has 1 aliphatic heterocycles. The van der Waals surface area contributed by atoms with Crippen LogP contribution >= 0.6 is 0 Å². The Morgan fingerprint density at radius 1 is 1.07 bits per heavy atom. The number of likely N-dealkylation sites (tertiary alicyclic amines) is 1. The van der Waals surface area contributed by atoms with Crippen LogP contribution in [-0.4, -0.2) is 28.9 Å². The minimum absolute atomic E-state index is 0.107. The Bertz CT molecular complexity index is 1020. The number of aromatic nitrogens is 1. The zero-order valence-electron chi connectivity index (χ0n) is 15.5. The van der Waals surface area contributed by atoms with Gasteiger partial charge >= 0.3 is 0 Å². The maximum Gasteiger partial charge on any atom is 0.254 e. The smallest absolute Gasteiger partial charge is 0.254 e. The van der Waals surface area contributed by atoms with Gasteiger partial charge in [-0.2, -0.15) is 4.39 Å². The molecule has 5 rings (SSSR count). The lowest BCUT2D eigenvalue weighted by Gasteiger charge is -2.40. The Morgan fingerprint density at radius 3 is 2.68 bits per heavy atom. The van der Waals surface area contributed by atoms with Crippen molar-refractivity contribution in [1.82, 2.24) is 9.88 Å². The molecule has 0 saturated carbocycles. The largest absolute Gasteiger partial charge is 0.472 e. The van der Waals surface area contributed by atoms with Crippen molar-refractivity contribution in [3.8, 4) is 11.1 Å². The number of piperidine rings is 1. The first-order chi connectivity index (χ1) is 13.6. The molecule has 1 aliphatic carbocycles. The summed E-state index contributed by atoms with van der Waals surface area (Å²) in [7, 11) is 0. The molecule has 2 aliphatic rings. The van der Waals surface area contributed by atoms with E-state index >= 15 is 0 Å². The van der Waals surface area contributed by atoms with E-state index in [0.717, 1.165) is 31.2 Å². The third-order valence-corrected chi connectivity index (χ3v) is 6.39. The van der Waals surface area contributed by atoms with E-state index in [2.05, 4.69) is 23.2 Å². The molecule has 1 aromatic carbocycles. The van der Waals surface area contributed by atoms with Crippen molar-refractivity contribution in [1.29, 1.82) is 0 Å². The van der Waals surface area contributed by atoms with Crippen LogP contribution in [0.3, 0.4) is 0 Å². The van der Waals surface area contributed by atoms with Gasteiger partial charge < -0.3 is 9.32 Å². The highest BCUT2D eigenvalue weighted by Crippen LogP contribution is 2.47. The summed E-state index contributed by atoms with van der Waals surface area (Å²) in [5.74, 6) is -0.720. The van der Waals surface area contributed by atoms with E-state index in [9.17, 15) is 9.18 Å². The number of rotatable bonds is 2. The van der Waals surface area contributed by atoms with Gasteiger partial charge in [-0.3, -0.25) is 4.79 Å². The standard InChI is InChI=1S/C23H21FN2O2/c24-21-14-18(4-9-25-21)22(27)26-10-7-23(8-11-26)6-3-17-13-16(1-2-20(17)23)19-5-12-28-15-19/h1-2,4-5,9,12-15H,3,6-8,10-11H2. The van der Waals surface area contributed by atoms with Crippen LogP contribution in [0.1, 0.15) is 40.7 Å². The summed E-state index contributed by atoms with van der Waals surface area (Å²) in [4.78, 5) is 18.1. The number of pyridine rings is 1. The fourth-order valence-corrected chi connectivity index (χ4v) is 4.81. The molecule has 3 heterocycles. The minimum atomic E-state index is -0.613. The summed E-state index contributed by atoms with van der Waals surface area (Å²) in [5, 5.41) is 0. The molecule has 0 atom stereocenters. The summed E-state index contributed by atoms with van der Waals surface area (Å²) >= 11 is 0. The summed E-state index contributed by atoms with van der Waals surface area (Å²) in [6.07, 6.45) is 8.92. The van der Waals surface area contributed by atoms with Gasteiger partial charge in [0.2, 0.25) is 5.95 Å². The first-order valence-corrected chi connectivity index (χ1v) is 9.71. The number of furan rings is 1. The van der Waals surface area contributed by atoms with E-state index in [1.807, 2.05) is 11.0 Å². The van der Waals surface area contributed by atoms with Gasteiger partial charge in [0.15, 0.2) is 0 Å². The highest BCUT2D eigenvalue weighted by atomic mass is 19.1. The van der Waals surface area contributed by atoms with Gasteiger partial charge in [-0.15, -0.1) is 0 Å². The average molecular weight is 376 g/mol. The summed E-state index contributed by atoms with van der Waals surface area (Å²) in [6.45, 7) is 1.40. The van der Waals surface area contributed by atoms with Gasteiger partial charge in [0.05, 0.1) is 12.5 Å². The Kier molecular flexibility index (Phi) is 4.04. The summed E-state index contributed by atoms with van der Waals surface area (Å²) < 4.78 is 18.6. The van der Waals surface area contributed by atoms with E-state index in [1.165, 1.54) is 29.0 Å². The predicted molar refractivity (Wildman–Crippen MR) is 103 cm³/mol.